The van der Waals surface area contributed by atoms with Crippen LogP contribution in [0.2, 0.25) is 0 Å². The van der Waals surface area contributed by atoms with E-state index in [1.165, 1.54) is 0 Å². The van der Waals surface area contributed by atoms with Gasteiger partial charge in [0.1, 0.15) is 0 Å². The van der Waals surface area contributed by atoms with Crippen molar-refractivity contribution in [3.8, 4) is 0 Å². The van der Waals surface area contributed by atoms with Crippen LogP contribution in [0.4, 0.5) is 0 Å². The normalized spacial score (nSPS) is 10.5. The first-order chi connectivity index (χ1) is 8.20. The van der Waals surface area contributed by atoms with Gasteiger partial charge in [-0.25, -0.2) is 0 Å². The first-order valence-corrected chi connectivity index (χ1v) is 5.64. The summed E-state index contributed by atoms with van der Waals surface area (Å²) >= 11 is 0. The molecule has 2 rings (SSSR count). The van der Waals surface area contributed by atoms with Crippen molar-refractivity contribution in [1.29, 1.82) is 0 Å². The molecule has 1 aromatic carbocycles. The molecule has 1 heterocycles. The van der Waals surface area contributed by atoms with E-state index in [0.29, 0.717) is 13.1 Å². The van der Waals surface area contributed by atoms with Gasteiger partial charge in [0.05, 0.1) is 6.54 Å². The maximum absolute atomic E-state index is 11.8. The maximum Gasteiger partial charge on any atom is 0.251 e. The zero-order chi connectivity index (χ0) is 12.3. The number of hydrogen-bond acceptors (Lipinski definition) is 2. The first-order valence-electron chi connectivity index (χ1n) is 5.64. The van der Waals surface area contributed by atoms with Crippen LogP contribution in [0.3, 0.4) is 0 Å². The Morgan fingerprint density at radius 3 is 2.53 bits per heavy atom. The lowest BCUT2D eigenvalue weighted by Crippen LogP contribution is -2.20. The van der Waals surface area contributed by atoms with Crippen LogP contribution in [0, 0.1) is 6.92 Å². The minimum absolute atomic E-state index is 0.0248. The fourth-order valence-corrected chi connectivity index (χ4v) is 1.83. The number of aromatic nitrogens is 1. The second kappa shape index (κ2) is 4.97. The lowest BCUT2D eigenvalue weighted by atomic mass is 10.1. The van der Waals surface area contributed by atoms with E-state index in [4.69, 9.17) is 5.73 Å². The summed E-state index contributed by atoms with van der Waals surface area (Å²) in [5, 5.41) is 0. The molecule has 0 atom stereocenters. The van der Waals surface area contributed by atoms with E-state index >= 15 is 0 Å². The van der Waals surface area contributed by atoms with Crippen LogP contribution in [0.5, 0.6) is 0 Å². The Kier molecular flexibility index (Phi) is 3.40. The summed E-state index contributed by atoms with van der Waals surface area (Å²) < 4.78 is 1.70. The highest BCUT2D eigenvalue weighted by Gasteiger charge is 2.02. The van der Waals surface area contributed by atoms with Gasteiger partial charge in [0.15, 0.2) is 0 Å². The third kappa shape index (κ3) is 2.63. The molecule has 3 heteroatoms. The molecule has 0 bridgehead atoms. The number of nitrogens with zero attached hydrogens (tertiary/aromatic N) is 1. The van der Waals surface area contributed by atoms with Gasteiger partial charge in [-0.05, 0) is 29.7 Å². The van der Waals surface area contributed by atoms with Crippen molar-refractivity contribution in [2.75, 3.05) is 0 Å². The predicted molar refractivity (Wildman–Crippen MR) is 68.9 cm³/mol. The van der Waals surface area contributed by atoms with Crippen LogP contribution >= 0.6 is 0 Å². The molecule has 2 aromatic rings. The Hall–Kier alpha value is -1.87. The van der Waals surface area contributed by atoms with E-state index in [0.717, 1.165) is 16.7 Å². The standard InChI is InChI=1S/C14H16N2O/c1-11-6-7-16(14(17)8-11)10-13-5-3-2-4-12(13)9-15/h2-8H,9-10,15H2,1H3. The van der Waals surface area contributed by atoms with E-state index < -0.39 is 0 Å². The van der Waals surface area contributed by atoms with E-state index in [1.54, 1.807) is 10.6 Å². The summed E-state index contributed by atoms with van der Waals surface area (Å²) in [5.41, 5.74) is 8.87. The van der Waals surface area contributed by atoms with Crippen molar-refractivity contribution in [3.05, 3.63) is 69.6 Å². The molecule has 88 valence electrons. The molecule has 0 spiro atoms. The molecule has 0 saturated heterocycles. The topological polar surface area (TPSA) is 48.0 Å². The zero-order valence-corrected chi connectivity index (χ0v) is 9.89. The third-order valence-electron chi connectivity index (χ3n) is 2.83. The van der Waals surface area contributed by atoms with Gasteiger partial charge in [-0.15, -0.1) is 0 Å². The molecule has 0 fully saturated rings. The highest BCUT2D eigenvalue weighted by molar-refractivity contribution is 5.27. The van der Waals surface area contributed by atoms with Crippen LogP contribution in [-0.4, -0.2) is 4.57 Å². The van der Waals surface area contributed by atoms with E-state index in [1.807, 2.05) is 43.5 Å². The first kappa shape index (κ1) is 11.6. The van der Waals surface area contributed by atoms with Crippen LogP contribution < -0.4 is 11.3 Å². The van der Waals surface area contributed by atoms with Crippen molar-refractivity contribution < 1.29 is 0 Å². The van der Waals surface area contributed by atoms with Crippen molar-refractivity contribution in [1.82, 2.24) is 4.57 Å². The molecule has 0 aliphatic carbocycles. The molecule has 1 aromatic heterocycles. The molecule has 0 amide bonds. The molecule has 17 heavy (non-hydrogen) atoms. The smallest absolute Gasteiger partial charge is 0.251 e. The van der Waals surface area contributed by atoms with Gasteiger partial charge in [-0.1, -0.05) is 24.3 Å². The lowest BCUT2D eigenvalue weighted by molar-refractivity contribution is 0.748. The van der Waals surface area contributed by atoms with Crippen LogP contribution in [-0.2, 0) is 13.1 Å². The average molecular weight is 228 g/mol. The fourth-order valence-electron chi connectivity index (χ4n) is 1.83. The average Bonchev–Trinajstić information content (AvgIpc) is 2.33. The Morgan fingerprint density at radius 2 is 1.88 bits per heavy atom. The molecule has 0 saturated carbocycles. The Balaban J connectivity index is 2.35. The van der Waals surface area contributed by atoms with Crippen molar-refractivity contribution in [2.45, 2.75) is 20.0 Å². The molecule has 2 N–H and O–H groups in total. The summed E-state index contributed by atoms with van der Waals surface area (Å²) in [4.78, 5) is 11.8. The number of nitrogens with two attached hydrogens (primary N) is 1. The van der Waals surface area contributed by atoms with Gasteiger partial charge < -0.3 is 10.3 Å². The highest BCUT2D eigenvalue weighted by atomic mass is 16.1. The molecule has 0 aliphatic heterocycles. The van der Waals surface area contributed by atoms with Crippen LogP contribution in [0.15, 0.2) is 47.4 Å². The van der Waals surface area contributed by atoms with Crippen molar-refractivity contribution in [2.24, 2.45) is 5.73 Å². The maximum atomic E-state index is 11.8. The summed E-state index contributed by atoms with van der Waals surface area (Å²) in [7, 11) is 0. The minimum atomic E-state index is 0.0248. The largest absolute Gasteiger partial charge is 0.326 e. The number of pyridine rings is 1. The molecule has 0 aliphatic rings. The second-order valence-corrected chi connectivity index (χ2v) is 4.14. The Labute approximate surface area is 101 Å². The van der Waals surface area contributed by atoms with Gasteiger partial charge in [0.25, 0.3) is 5.56 Å². The van der Waals surface area contributed by atoms with Gasteiger partial charge in [0, 0.05) is 18.8 Å². The van der Waals surface area contributed by atoms with Crippen LogP contribution in [0.25, 0.3) is 0 Å². The summed E-state index contributed by atoms with van der Waals surface area (Å²) in [6.45, 7) is 2.99. The number of rotatable bonds is 3. The third-order valence-corrected chi connectivity index (χ3v) is 2.83. The van der Waals surface area contributed by atoms with Gasteiger partial charge in [-0.2, -0.15) is 0 Å². The Morgan fingerprint density at radius 1 is 1.18 bits per heavy atom. The number of hydrogen-bond donors (Lipinski definition) is 1. The zero-order valence-electron chi connectivity index (χ0n) is 9.89. The van der Waals surface area contributed by atoms with E-state index in [2.05, 4.69) is 0 Å². The van der Waals surface area contributed by atoms with Crippen LogP contribution in [0.1, 0.15) is 16.7 Å². The van der Waals surface area contributed by atoms with Gasteiger partial charge in [0.2, 0.25) is 0 Å². The summed E-state index contributed by atoms with van der Waals surface area (Å²) in [6.07, 6.45) is 1.82. The number of benzene rings is 1. The predicted octanol–water partition coefficient (Wildman–Crippen LogP) is 1.66. The number of aryl methyl sites for hydroxylation is 1. The van der Waals surface area contributed by atoms with Crippen molar-refractivity contribution in [3.63, 3.8) is 0 Å². The molecular formula is C14H16N2O. The molecular weight excluding hydrogens is 212 g/mol. The fraction of sp³-hybridized carbons (Fsp3) is 0.214. The van der Waals surface area contributed by atoms with Gasteiger partial charge >= 0.3 is 0 Å². The second-order valence-electron chi connectivity index (χ2n) is 4.14. The lowest BCUT2D eigenvalue weighted by Gasteiger charge is -2.09. The van der Waals surface area contributed by atoms with Gasteiger partial charge in [-0.3, -0.25) is 4.79 Å². The molecule has 3 nitrogen and oxygen atoms in total. The highest BCUT2D eigenvalue weighted by Crippen LogP contribution is 2.09. The SMILES string of the molecule is Cc1ccn(Cc2ccccc2CN)c(=O)c1. The summed E-state index contributed by atoms with van der Waals surface area (Å²) in [6, 6.07) is 11.5. The van der Waals surface area contributed by atoms with E-state index in [-0.39, 0.29) is 5.56 Å². The molecule has 0 radical (unpaired) electrons. The monoisotopic (exact) mass is 228 g/mol. The molecule has 0 unspecified atom stereocenters. The Bertz CT molecular complexity index is 572. The van der Waals surface area contributed by atoms with Crippen molar-refractivity contribution >= 4 is 0 Å². The minimum Gasteiger partial charge on any atom is -0.326 e. The summed E-state index contributed by atoms with van der Waals surface area (Å²) in [5.74, 6) is 0. The quantitative estimate of drug-likeness (QED) is 0.868. The van der Waals surface area contributed by atoms with E-state index in [9.17, 15) is 4.79 Å².